The van der Waals surface area contributed by atoms with Gasteiger partial charge in [0.05, 0.1) is 0 Å². The van der Waals surface area contributed by atoms with Gasteiger partial charge in [-0.25, -0.2) is 0 Å². The highest BCUT2D eigenvalue weighted by Gasteiger charge is 2.61. The minimum atomic E-state index is -0.00678. The molecule has 4 aliphatic carbocycles. The summed E-state index contributed by atoms with van der Waals surface area (Å²) < 4.78 is 0. The fraction of sp³-hybridized carbons (Fsp3) is 0.875. The van der Waals surface area contributed by atoms with Gasteiger partial charge in [0.2, 0.25) is 0 Å². The number of carbonyl (C=O) groups excluding carboxylic acids is 1. The Bertz CT molecular complexity index is 640. The second kappa shape index (κ2) is 6.62. The third kappa shape index (κ3) is 2.81. The Balaban J connectivity index is 1.35. The molecule has 8 atom stereocenters. The highest BCUT2D eigenvalue weighted by Crippen LogP contribution is 2.66. The summed E-state index contributed by atoms with van der Waals surface area (Å²) >= 11 is 2.28. The molecule has 5 aliphatic rings. The van der Waals surface area contributed by atoms with Crippen molar-refractivity contribution in [2.24, 2.45) is 34.5 Å². The lowest BCUT2D eigenvalue weighted by molar-refractivity contribution is -0.135. The van der Waals surface area contributed by atoms with Crippen LogP contribution in [-0.4, -0.2) is 29.4 Å². The first-order chi connectivity index (χ1) is 12.9. The first-order valence-corrected chi connectivity index (χ1v) is 12.4. The van der Waals surface area contributed by atoms with Crippen LogP contribution in [0.5, 0.6) is 0 Å². The molecule has 0 aromatic carbocycles. The molecule has 0 bridgehead atoms. The first kappa shape index (κ1) is 18.7. The monoisotopic (exact) mass is 387 g/mol. The van der Waals surface area contributed by atoms with Gasteiger partial charge >= 0.3 is 0 Å². The van der Waals surface area contributed by atoms with Crippen LogP contribution >= 0.6 is 11.8 Å². The van der Waals surface area contributed by atoms with Crippen molar-refractivity contribution in [2.45, 2.75) is 82.1 Å². The van der Waals surface area contributed by atoms with Gasteiger partial charge in [-0.2, -0.15) is 11.8 Å². The summed E-state index contributed by atoms with van der Waals surface area (Å²) in [6.07, 6.45) is 11.1. The molecule has 1 aliphatic heterocycles. The summed E-state index contributed by atoms with van der Waals surface area (Å²) in [7, 11) is 0. The van der Waals surface area contributed by atoms with E-state index in [1.54, 1.807) is 0 Å². The number of hydrogen-bond acceptors (Lipinski definition) is 3. The SMILES string of the molecule is C=C1C[C@@H]2[C@H](CC[C@]3(C)C(=O)CC[C@@H]23)[C@@]2(C)CC[C@@H](S[C@@H]3CCNC3)CC12. The molecule has 5 rings (SSSR count). The van der Waals surface area contributed by atoms with Crippen LogP contribution in [0.25, 0.3) is 0 Å². The van der Waals surface area contributed by atoms with Gasteiger partial charge < -0.3 is 5.32 Å². The number of ketones is 1. The molecule has 4 saturated carbocycles. The van der Waals surface area contributed by atoms with Gasteiger partial charge in [0.25, 0.3) is 0 Å². The molecular formula is C24H37NOS. The molecule has 0 aromatic heterocycles. The maximum Gasteiger partial charge on any atom is 0.139 e. The predicted molar refractivity (Wildman–Crippen MR) is 114 cm³/mol. The number of fused-ring (bicyclic) bond motifs is 5. The van der Waals surface area contributed by atoms with Crippen molar-refractivity contribution in [1.82, 2.24) is 5.32 Å². The molecule has 0 spiro atoms. The third-order valence-electron chi connectivity index (χ3n) is 9.68. The van der Waals surface area contributed by atoms with Crippen LogP contribution < -0.4 is 5.32 Å². The van der Waals surface area contributed by atoms with Crippen LogP contribution in [0.1, 0.15) is 71.6 Å². The third-order valence-corrected chi connectivity index (χ3v) is 11.3. The number of hydrogen-bond donors (Lipinski definition) is 1. The van der Waals surface area contributed by atoms with Crippen molar-refractivity contribution in [3.8, 4) is 0 Å². The van der Waals surface area contributed by atoms with E-state index in [0.29, 0.717) is 17.1 Å². The molecule has 27 heavy (non-hydrogen) atoms. The number of thioether (sulfide) groups is 1. The molecular weight excluding hydrogens is 350 g/mol. The van der Waals surface area contributed by atoms with Gasteiger partial charge in [0.15, 0.2) is 0 Å². The van der Waals surface area contributed by atoms with Gasteiger partial charge in [0, 0.05) is 28.9 Å². The van der Waals surface area contributed by atoms with Gasteiger partial charge in [-0.1, -0.05) is 26.0 Å². The predicted octanol–water partition coefficient (Wildman–Crippen LogP) is 5.23. The van der Waals surface area contributed by atoms with Gasteiger partial charge in [-0.05, 0) is 87.0 Å². The Labute approximate surface area is 169 Å². The zero-order chi connectivity index (χ0) is 18.8. The fourth-order valence-electron chi connectivity index (χ4n) is 8.12. The Morgan fingerprint density at radius 3 is 2.70 bits per heavy atom. The minimum Gasteiger partial charge on any atom is -0.316 e. The number of rotatable bonds is 2. The topological polar surface area (TPSA) is 29.1 Å². The molecule has 3 heteroatoms. The fourth-order valence-corrected chi connectivity index (χ4v) is 9.69. The number of Topliss-reactive ketones (excluding diaryl/α,β-unsaturated/α-hetero) is 1. The Morgan fingerprint density at radius 2 is 1.93 bits per heavy atom. The molecule has 2 nitrogen and oxygen atoms in total. The Morgan fingerprint density at radius 1 is 1.07 bits per heavy atom. The molecule has 5 fully saturated rings. The molecule has 150 valence electrons. The first-order valence-electron chi connectivity index (χ1n) is 11.5. The van der Waals surface area contributed by atoms with E-state index < -0.39 is 0 Å². The molecule has 1 unspecified atom stereocenters. The van der Waals surface area contributed by atoms with Gasteiger partial charge in [0.1, 0.15) is 5.78 Å². The van der Waals surface area contributed by atoms with E-state index in [0.717, 1.165) is 47.5 Å². The van der Waals surface area contributed by atoms with E-state index in [1.807, 2.05) is 0 Å². The molecule has 0 amide bonds. The van der Waals surface area contributed by atoms with Crippen molar-refractivity contribution in [3.63, 3.8) is 0 Å². The van der Waals surface area contributed by atoms with Gasteiger partial charge in [-0.3, -0.25) is 4.79 Å². The van der Waals surface area contributed by atoms with Gasteiger partial charge in [-0.15, -0.1) is 0 Å². The highest BCUT2D eigenvalue weighted by molar-refractivity contribution is 8.00. The zero-order valence-corrected chi connectivity index (χ0v) is 18.1. The second-order valence-electron chi connectivity index (χ2n) is 10.9. The minimum absolute atomic E-state index is 0.00678. The van der Waals surface area contributed by atoms with E-state index in [9.17, 15) is 4.79 Å². The van der Waals surface area contributed by atoms with Crippen LogP contribution in [-0.2, 0) is 4.79 Å². The summed E-state index contributed by atoms with van der Waals surface area (Å²) in [5, 5.41) is 5.21. The van der Waals surface area contributed by atoms with Crippen LogP contribution in [0.3, 0.4) is 0 Å². The summed E-state index contributed by atoms with van der Waals surface area (Å²) in [5.74, 6) is 3.48. The van der Waals surface area contributed by atoms with Crippen LogP contribution in [0.15, 0.2) is 12.2 Å². The van der Waals surface area contributed by atoms with E-state index in [1.165, 1.54) is 57.2 Å². The molecule has 1 N–H and O–H groups in total. The van der Waals surface area contributed by atoms with E-state index in [2.05, 4.69) is 37.5 Å². The van der Waals surface area contributed by atoms with Crippen LogP contribution in [0.2, 0.25) is 0 Å². The molecule has 0 radical (unpaired) electrons. The summed E-state index contributed by atoms with van der Waals surface area (Å²) in [6.45, 7) is 12.0. The van der Waals surface area contributed by atoms with E-state index >= 15 is 0 Å². The van der Waals surface area contributed by atoms with Crippen LogP contribution in [0, 0.1) is 34.5 Å². The molecule has 0 aromatic rings. The lowest BCUT2D eigenvalue weighted by Crippen LogP contribution is -2.54. The standard InChI is InChI=1S/C24H37NOS/c1-15-12-18-19-4-5-22(26)24(19,3)10-7-20(18)23(2)9-6-16(13-21(15)23)27-17-8-11-25-14-17/h16-21,25H,1,4-14H2,2-3H3/t16-,17-,18+,19+,20+,21?,23-,24+/m1/s1. The maximum atomic E-state index is 12.6. The Kier molecular flexibility index (Phi) is 4.59. The van der Waals surface area contributed by atoms with E-state index in [-0.39, 0.29) is 5.41 Å². The van der Waals surface area contributed by atoms with Crippen LogP contribution in [0.4, 0.5) is 0 Å². The van der Waals surface area contributed by atoms with Crippen molar-refractivity contribution in [2.75, 3.05) is 13.1 Å². The quantitative estimate of drug-likeness (QED) is 0.658. The normalized spacial score (nSPS) is 52.4. The number of nitrogens with one attached hydrogen (secondary N) is 1. The lowest BCUT2D eigenvalue weighted by Gasteiger charge is -2.61. The number of carbonyl (C=O) groups is 1. The largest absolute Gasteiger partial charge is 0.316 e. The average molecular weight is 388 g/mol. The van der Waals surface area contributed by atoms with Crippen molar-refractivity contribution in [3.05, 3.63) is 12.2 Å². The van der Waals surface area contributed by atoms with Crippen molar-refractivity contribution >= 4 is 17.5 Å². The highest BCUT2D eigenvalue weighted by atomic mass is 32.2. The second-order valence-corrected chi connectivity index (χ2v) is 12.5. The van der Waals surface area contributed by atoms with E-state index in [4.69, 9.17) is 0 Å². The maximum absolute atomic E-state index is 12.6. The smallest absolute Gasteiger partial charge is 0.139 e. The van der Waals surface area contributed by atoms with Crippen molar-refractivity contribution in [1.29, 1.82) is 0 Å². The Hall–Kier alpha value is -0.280. The molecule has 1 heterocycles. The average Bonchev–Trinajstić information content (AvgIpc) is 3.25. The van der Waals surface area contributed by atoms with Crippen molar-refractivity contribution < 1.29 is 4.79 Å². The number of allylic oxidation sites excluding steroid dienone is 1. The lowest BCUT2D eigenvalue weighted by atomic mass is 9.44. The summed E-state index contributed by atoms with van der Waals surface area (Å²) in [4.78, 5) is 12.6. The molecule has 1 saturated heterocycles. The summed E-state index contributed by atoms with van der Waals surface area (Å²) in [5.41, 5.74) is 1.97. The zero-order valence-electron chi connectivity index (χ0n) is 17.3. The summed E-state index contributed by atoms with van der Waals surface area (Å²) in [6, 6.07) is 0.